The van der Waals surface area contributed by atoms with Crippen LogP contribution in [0, 0.1) is 11.8 Å². The number of likely N-dealkylation sites (tertiary alicyclic amines) is 1. The number of nitrogens with zero attached hydrogens (tertiary/aromatic N) is 1. The van der Waals surface area contributed by atoms with Gasteiger partial charge in [0, 0.05) is 12.6 Å². The summed E-state index contributed by atoms with van der Waals surface area (Å²) in [4.78, 5) is 13.8. The molecule has 1 saturated heterocycles. The van der Waals surface area contributed by atoms with Crippen LogP contribution in [0.5, 0.6) is 0 Å². The molecular formula is C12H22N2O2. The van der Waals surface area contributed by atoms with Gasteiger partial charge in [0.05, 0.1) is 13.2 Å². The number of carbonyl (C=O) groups is 1. The van der Waals surface area contributed by atoms with Gasteiger partial charge in [-0.05, 0) is 37.6 Å². The van der Waals surface area contributed by atoms with Gasteiger partial charge < -0.3 is 10.4 Å². The van der Waals surface area contributed by atoms with Crippen molar-refractivity contribution in [3.8, 4) is 0 Å². The summed E-state index contributed by atoms with van der Waals surface area (Å²) in [6.07, 6.45) is 3.61. The maximum Gasteiger partial charge on any atom is 0.234 e. The quantitative estimate of drug-likeness (QED) is 0.705. The van der Waals surface area contributed by atoms with E-state index in [-0.39, 0.29) is 18.6 Å². The fraction of sp³-hybridized carbons (Fsp3) is 0.917. The van der Waals surface area contributed by atoms with Crippen molar-refractivity contribution in [2.75, 3.05) is 26.2 Å². The SMILES string of the molecule is CC1CCN(CC(=O)NCC2CC2)C1CO. The van der Waals surface area contributed by atoms with Crippen LogP contribution in [0.15, 0.2) is 0 Å². The molecule has 2 unspecified atom stereocenters. The Labute approximate surface area is 97.0 Å². The standard InChI is InChI=1S/C12H22N2O2/c1-9-4-5-14(11(9)8-15)7-12(16)13-6-10-2-3-10/h9-11,15H,2-8H2,1H3,(H,13,16). The average molecular weight is 226 g/mol. The van der Waals surface area contributed by atoms with E-state index >= 15 is 0 Å². The Bertz CT molecular complexity index is 253. The first-order chi connectivity index (χ1) is 7.70. The van der Waals surface area contributed by atoms with Crippen molar-refractivity contribution >= 4 is 5.91 Å². The highest BCUT2D eigenvalue weighted by Crippen LogP contribution is 2.27. The van der Waals surface area contributed by atoms with Gasteiger partial charge in [0.15, 0.2) is 0 Å². The summed E-state index contributed by atoms with van der Waals surface area (Å²) in [5.41, 5.74) is 0. The van der Waals surface area contributed by atoms with E-state index in [1.807, 2.05) is 0 Å². The van der Waals surface area contributed by atoms with E-state index in [0.29, 0.717) is 12.5 Å². The van der Waals surface area contributed by atoms with Gasteiger partial charge in [0.2, 0.25) is 5.91 Å². The minimum atomic E-state index is 0.111. The largest absolute Gasteiger partial charge is 0.395 e. The fourth-order valence-corrected chi connectivity index (χ4v) is 2.40. The molecule has 92 valence electrons. The zero-order valence-corrected chi connectivity index (χ0v) is 9.98. The Hall–Kier alpha value is -0.610. The molecule has 2 atom stereocenters. The van der Waals surface area contributed by atoms with Crippen LogP contribution in [0.3, 0.4) is 0 Å². The van der Waals surface area contributed by atoms with Crippen LogP contribution in [0.25, 0.3) is 0 Å². The molecule has 1 aliphatic heterocycles. The first-order valence-corrected chi connectivity index (χ1v) is 6.32. The summed E-state index contributed by atoms with van der Waals surface area (Å²) in [7, 11) is 0. The molecular weight excluding hydrogens is 204 g/mol. The third-order valence-corrected chi connectivity index (χ3v) is 3.82. The minimum absolute atomic E-state index is 0.111. The molecule has 2 rings (SSSR count). The second-order valence-corrected chi connectivity index (χ2v) is 5.23. The van der Waals surface area contributed by atoms with Gasteiger partial charge in [-0.3, -0.25) is 9.69 Å². The molecule has 0 aromatic rings. The highest BCUT2D eigenvalue weighted by molar-refractivity contribution is 5.78. The molecule has 2 N–H and O–H groups in total. The summed E-state index contributed by atoms with van der Waals surface area (Å²) >= 11 is 0. The fourth-order valence-electron chi connectivity index (χ4n) is 2.40. The molecule has 0 aromatic heterocycles. The Kier molecular flexibility index (Phi) is 3.82. The molecule has 1 saturated carbocycles. The first-order valence-electron chi connectivity index (χ1n) is 6.32. The van der Waals surface area contributed by atoms with Crippen molar-refractivity contribution in [2.24, 2.45) is 11.8 Å². The van der Waals surface area contributed by atoms with E-state index in [1.165, 1.54) is 12.8 Å². The molecule has 16 heavy (non-hydrogen) atoms. The van der Waals surface area contributed by atoms with Crippen molar-refractivity contribution < 1.29 is 9.90 Å². The second kappa shape index (κ2) is 5.15. The lowest BCUT2D eigenvalue weighted by atomic mass is 10.0. The maximum absolute atomic E-state index is 11.7. The van der Waals surface area contributed by atoms with Crippen molar-refractivity contribution in [1.82, 2.24) is 10.2 Å². The lowest BCUT2D eigenvalue weighted by molar-refractivity contribution is -0.122. The zero-order chi connectivity index (χ0) is 11.5. The van der Waals surface area contributed by atoms with Crippen LogP contribution in [-0.2, 0) is 4.79 Å². The molecule has 4 heteroatoms. The van der Waals surface area contributed by atoms with Crippen LogP contribution < -0.4 is 5.32 Å². The summed E-state index contributed by atoms with van der Waals surface area (Å²) in [6.45, 7) is 4.53. The Morgan fingerprint density at radius 1 is 1.44 bits per heavy atom. The number of rotatable bonds is 5. The molecule has 2 aliphatic rings. The van der Waals surface area contributed by atoms with Gasteiger partial charge in [0.25, 0.3) is 0 Å². The minimum Gasteiger partial charge on any atom is -0.395 e. The van der Waals surface area contributed by atoms with Gasteiger partial charge >= 0.3 is 0 Å². The third-order valence-electron chi connectivity index (χ3n) is 3.82. The second-order valence-electron chi connectivity index (χ2n) is 5.23. The highest BCUT2D eigenvalue weighted by Gasteiger charge is 2.31. The van der Waals surface area contributed by atoms with E-state index in [0.717, 1.165) is 25.4 Å². The molecule has 1 aliphatic carbocycles. The third kappa shape index (κ3) is 2.95. The van der Waals surface area contributed by atoms with E-state index < -0.39 is 0 Å². The number of aliphatic hydroxyl groups excluding tert-OH is 1. The summed E-state index contributed by atoms with van der Waals surface area (Å²) in [5, 5.41) is 12.2. The summed E-state index contributed by atoms with van der Waals surface area (Å²) < 4.78 is 0. The normalized spacial score (nSPS) is 30.6. The highest BCUT2D eigenvalue weighted by atomic mass is 16.3. The van der Waals surface area contributed by atoms with E-state index in [1.54, 1.807) is 0 Å². The van der Waals surface area contributed by atoms with Crippen molar-refractivity contribution in [3.63, 3.8) is 0 Å². The van der Waals surface area contributed by atoms with Gasteiger partial charge in [-0.15, -0.1) is 0 Å². The van der Waals surface area contributed by atoms with Crippen LogP contribution >= 0.6 is 0 Å². The first kappa shape index (κ1) is 11.9. The summed E-state index contributed by atoms with van der Waals surface area (Å²) in [6, 6.07) is 0.173. The molecule has 1 heterocycles. The number of hydrogen-bond donors (Lipinski definition) is 2. The maximum atomic E-state index is 11.7. The Morgan fingerprint density at radius 2 is 2.19 bits per heavy atom. The van der Waals surface area contributed by atoms with Crippen molar-refractivity contribution in [3.05, 3.63) is 0 Å². The number of hydrogen-bond acceptors (Lipinski definition) is 3. The van der Waals surface area contributed by atoms with Crippen molar-refractivity contribution in [2.45, 2.75) is 32.2 Å². The molecule has 0 spiro atoms. The number of amides is 1. The predicted molar refractivity (Wildman–Crippen MR) is 62.0 cm³/mol. The lowest BCUT2D eigenvalue weighted by Gasteiger charge is -2.24. The molecule has 1 amide bonds. The van der Waals surface area contributed by atoms with Gasteiger partial charge in [0.1, 0.15) is 0 Å². The predicted octanol–water partition coefficient (Wildman–Crippen LogP) is 0.215. The van der Waals surface area contributed by atoms with Gasteiger partial charge in [-0.1, -0.05) is 6.92 Å². The summed E-state index contributed by atoms with van der Waals surface area (Å²) in [5.74, 6) is 1.34. The number of aliphatic hydroxyl groups is 1. The Morgan fingerprint density at radius 3 is 2.81 bits per heavy atom. The van der Waals surface area contributed by atoms with Gasteiger partial charge in [-0.2, -0.15) is 0 Å². The van der Waals surface area contributed by atoms with Crippen molar-refractivity contribution in [1.29, 1.82) is 0 Å². The van der Waals surface area contributed by atoms with Crippen LogP contribution in [0.2, 0.25) is 0 Å². The van der Waals surface area contributed by atoms with Crippen LogP contribution in [0.4, 0.5) is 0 Å². The molecule has 0 radical (unpaired) electrons. The average Bonchev–Trinajstić information content (AvgIpc) is 3.02. The van der Waals surface area contributed by atoms with E-state index in [9.17, 15) is 9.90 Å². The topological polar surface area (TPSA) is 52.6 Å². The number of carbonyl (C=O) groups excluding carboxylic acids is 1. The zero-order valence-electron chi connectivity index (χ0n) is 9.98. The van der Waals surface area contributed by atoms with E-state index in [4.69, 9.17) is 0 Å². The molecule has 4 nitrogen and oxygen atoms in total. The Balaban J connectivity index is 1.72. The van der Waals surface area contributed by atoms with Gasteiger partial charge in [-0.25, -0.2) is 0 Å². The molecule has 0 aromatic carbocycles. The molecule has 0 bridgehead atoms. The monoisotopic (exact) mass is 226 g/mol. The van der Waals surface area contributed by atoms with E-state index in [2.05, 4.69) is 17.1 Å². The van der Waals surface area contributed by atoms with Crippen LogP contribution in [0.1, 0.15) is 26.2 Å². The lowest BCUT2D eigenvalue weighted by Crippen LogP contribution is -2.42. The number of nitrogens with one attached hydrogen (secondary N) is 1. The van der Waals surface area contributed by atoms with Crippen LogP contribution in [-0.4, -0.2) is 48.2 Å². The molecule has 2 fully saturated rings. The smallest absolute Gasteiger partial charge is 0.234 e.